The van der Waals surface area contributed by atoms with Crippen LogP contribution in [0.3, 0.4) is 0 Å². The normalized spacial score (nSPS) is 12.5. The van der Waals surface area contributed by atoms with Gasteiger partial charge in [-0.3, -0.25) is 0 Å². The molecule has 0 bridgehead atoms. The van der Waals surface area contributed by atoms with Crippen molar-refractivity contribution in [3.63, 3.8) is 0 Å². The molecule has 0 aliphatic rings. The number of unbranched alkanes of at least 4 members (excludes halogenated alkanes) is 1. The summed E-state index contributed by atoms with van der Waals surface area (Å²) in [6, 6.07) is 8.62. The summed E-state index contributed by atoms with van der Waals surface area (Å²) in [5.74, 6) is 0.927. The molecule has 1 aromatic rings. The summed E-state index contributed by atoms with van der Waals surface area (Å²) in [6.07, 6.45) is 2.46. The van der Waals surface area contributed by atoms with E-state index in [0.29, 0.717) is 6.04 Å². The van der Waals surface area contributed by atoms with Gasteiger partial charge in [0.1, 0.15) is 5.75 Å². The van der Waals surface area contributed by atoms with Crippen LogP contribution in [0.1, 0.15) is 38.3 Å². The molecule has 2 heteroatoms. The van der Waals surface area contributed by atoms with Gasteiger partial charge in [0, 0.05) is 6.04 Å². The molecule has 0 saturated carbocycles. The number of methoxy groups -OCH3 is 1. The zero-order chi connectivity index (χ0) is 11.1. The van der Waals surface area contributed by atoms with Gasteiger partial charge in [-0.1, -0.05) is 25.5 Å². The fourth-order valence-corrected chi connectivity index (χ4v) is 1.52. The first-order chi connectivity index (χ1) is 7.27. The lowest BCUT2D eigenvalue weighted by molar-refractivity contribution is 0.413. The molecule has 1 atom stereocenters. The fraction of sp³-hybridized carbons (Fsp3) is 0.538. The molecule has 2 nitrogen and oxygen atoms in total. The number of hydrogen-bond acceptors (Lipinski definition) is 2. The molecule has 0 fully saturated rings. The highest BCUT2D eigenvalue weighted by Crippen LogP contribution is 2.18. The van der Waals surface area contributed by atoms with Crippen molar-refractivity contribution < 1.29 is 4.74 Å². The van der Waals surface area contributed by atoms with Gasteiger partial charge in [0.05, 0.1) is 7.11 Å². The van der Waals surface area contributed by atoms with Gasteiger partial charge < -0.3 is 10.1 Å². The molecule has 0 spiro atoms. The Balaban J connectivity index is 2.52. The van der Waals surface area contributed by atoms with Crippen molar-refractivity contribution in [1.82, 2.24) is 5.32 Å². The summed E-state index contributed by atoms with van der Waals surface area (Å²) in [7, 11) is 1.70. The molecule has 0 aliphatic carbocycles. The summed E-state index contributed by atoms with van der Waals surface area (Å²) in [5.41, 5.74) is 1.28. The van der Waals surface area contributed by atoms with Crippen LogP contribution in [0.25, 0.3) is 0 Å². The summed E-state index contributed by atoms with van der Waals surface area (Å²) in [4.78, 5) is 0. The Bertz CT molecular complexity index is 286. The first-order valence-electron chi connectivity index (χ1n) is 5.65. The Kier molecular flexibility index (Phi) is 5.19. The Morgan fingerprint density at radius 3 is 2.87 bits per heavy atom. The van der Waals surface area contributed by atoms with E-state index < -0.39 is 0 Å². The highest BCUT2D eigenvalue weighted by atomic mass is 16.5. The molecule has 0 aromatic heterocycles. The van der Waals surface area contributed by atoms with Gasteiger partial charge in [-0.2, -0.15) is 0 Å². The van der Waals surface area contributed by atoms with E-state index in [2.05, 4.69) is 31.3 Å². The summed E-state index contributed by atoms with van der Waals surface area (Å²) in [6.45, 7) is 5.47. The summed E-state index contributed by atoms with van der Waals surface area (Å²) in [5, 5.41) is 3.50. The van der Waals surface area contributed by atoms with Crippen LogP contribution in [-0.2, 0) is 0 Å². The van der Waals surface area contributed by atoms with Gasteiger partial charge in [-0.05, 0) is 37.6 Å². The number of benzene rings is 1. The van der Waals surface area contributed by atoms with Crippen molar-refractivity contribution in [3.8, 4) is 5.75 Å². The van der Waals surface area contributed by atoms with Crippen molar-refractivity contribution in [1.29, 1.82) is 0 Å². The van der Waals surface area contributed by atoms with Gasteiger partial charge >= 0.3 is 0 Å². The SMILES string of the molecule is CCCCN[C@@H](C)c1cccc(OC)c1. The summed E-state index contributed by atoms with van der Waals surface area (Å²) >= 11 is 0. The minimum absolute atomic E-state index is 0.395. The van der Waals surface area contributed by atoms with Crippen LogP contribution in [0.15, 0.2) is 24.3 Å². The maximum Gasteiger partial charge on any atom is 0.119 e. The second kappa shape index (κ2) is 6.46. The number of ether oxygens (including phenoxy) is 1. The molecule has 1 rings (SSSR count). The largest absolute Gasteiger partial charge is 0.497 e. The van der Waals surface area contributed by atoms with Crippen LogP contribution >= 0.6 is 0 Å². The van der Waals surface area contributed by atoms with Crippen LogP contribution in [0.5, 0.6) is 5.75 Å². The van der Waals surface area contributed by atoms with E-state index in [1.165, 1.54) is 18.4 Å². The van der Waals surface area contributed by atoms with Gasteiger partial charge in [-0.15, -0.1) is 0 Å². The second-order valence-electron chi connectivity index (χ2n) is 3.81. The lowest BCUT2D eigenvalue weighted by Gasteiger charge is -2.14. The molecule has 84 valence electrons. The number of nitrogens with one attached hydrogen (secondary N) is 1. The quantitative estimate of drug-likeness (QED) is 0.723. The molecular formula is C13H21NO. The zero-order valence-corrected chi connectivity index (χ0v) is 9.92. The molecule has 0 radical (unpaired) electrons. The lowest BCUT2D eigenvalue weighted by Crippen LogP contribution is -2.19. The van der Waals surface area contributed by atoms with E-state index in [1.807, 2.05) is 12.1 Å². The predicted molar refractivity (Wildman–Crippen MR) is 64.3 cm³/mol. The minimum atomic E-state index is 0.395. The van der Waals surface area contributed by atoms with E-state index in [-0.39, 0.29) is 0 Å². The standard InChI is InChI=1S/C13H21NO/c1-4-5-9-14-11(2)12-7-6-8-13(10-12)15-3/h6-8,10-11,14H,4-5,9H2,1-3H3/t11-/m0/s1. The van der Waals surface area contributed by atoms with Crippen LogP contribution in [0, 0.1) is 0 Å². The fourth-order valence-electron chi connectivity index (χ4n) is 1.52. The van der Waals surface area contributed by atoms with Crippen molar-refractivity contribution in [2.24, 2.45) is 0 Å². The predicted octanol–water partition coefficient (Wildman–Crippen LogP) is 3.15. The molecular weight excluding hydrogens is 186 g/mol. The van der Waals surface area contributed by atoms with Crippen LogP contribution < -0.4 is 10.1 Å². The highest BCUT2D eigenvalue weighted by molar-refractivity contribution is 5.30. The third kappa shape index (κ3) is 3.92. The Morgan fingerprint density at radius 2 is 2.20 bits per heavy atom. The van der Waals surface area contributed by atoms with Crippen molar-refractivity contribution in [2.45, 2.75) is 32.7 Å². The van der Waals surface area contributed by atoms with E-state index in [4.69, 9.17) is 4.74 Å². The molecule has 0 saturated heterocycles. The Hall–Kier alpha value is -1.02. The molecule has 0 amide bonds. The van der Waals surface area contributed by atoms with Crippen LogP contribution in [0.4, 0.5) is 0 Å². The van der Waals surface area contributed by atoms with Crippen LogP contribution in [0.2, 0.25) is 0 Å². The van der Waals surface area contributed by atoms with Gasteiger partial charge in [-0.25, -0.2) is 0 Å². The van der Waals surface area contributed by atoms with Gasteiger partial charge in [0.15, 0.2) is 0 Å². The van der Waals surface area contributed by atoms with Crippen molar-refractivity contribution in [2.75, 3.05) is 13.7 Å². The summed E-state index contributed by atoms with van der Waals surface area (Å²) < 4.78 is 5.20. The van der Waals surface area contributed by atoms with Crippen molar-refractivity contribution >= 4 is 0 Å². The first-order valence-corrected chi connectivity index (χ1v) is 5.65. The molecule has 0 unspecified atom stereocenters. The first kappa shape index (κ1) is 12.1. The van der Waals surface area contributed by atoms with E-state index in [9.17, 15) is 0 Å². The molecule has 0 heterocycles. The second-order valence-corrected chi connectivity index (χ2v) is 3.81. The third-order valence-corrected chi connectivity index (χ3v) is 2.57. The van der Waals surface area contributed by atoms with Crippen molar-refractivity contribution in [3.05, 3.63) is 29.8 Å². The average Bonchev–Trinajstić information content (AvgIpc) is 2.29. The maximum atomic E-state index is 5.20. The minimum Gasteiger partial charge on any atom is -0.497 e. The zero-order valence-electron chi connectivity index (χ0n) is 9.92. The Morgan fingerprint density at radius 1 is 1.40 bits per heavy atom. The lowest BCUT2D eigenvalue weighted by atomic mass is 10.1. The average molecular weight is 207 g/mol. The third-order valence-electron chi connectivity index (χ3n) is 2.57. The van der Waals surface area contributed by atoms with Gasteiger partial charge in [0.2, 0.25) is 0 Å². The van der Waals surface area contributed by atoms with E-state index in [1.54, 1.807) is 7.11 Å². The van der Waals surface area contributed by atoms with E-state index >= 15 is 0 Å². The monoisotopic (exact) mass is 207 g/mol. The molecule has 0 aliphatic heterocycles. The van der Waals surface area contributed by atoms with Crippen LogP contribution in [-0.4, -0.2) is 13.7 Å². The highest BCUT2D eigenvalue weighted by Gasteiger charge is 2.04. The van der Waals surface area contributed by atoms with E-state index in [0.717, 1.165) is 12.3 Å². The molecule has 1 N–H and O–H groups in total. The number of rotatable bonds is 6. The smallest absolute Gasteiger partial charge is 0.119 e. The maximum absolute atomic E-state index is 5.20. The van der Waals surface area contributed by atoms with Gasteiger partial charge in [0.25, 0.3) is 0 Å². The molecule has 15 heavy (non-hydrogen) atoms. The topological polar surface area (TPSA) is 21.3 Å². The number of hydrogen-bond donors (Lipinski definition) is 1. The molecule has 1 aromatic carbocycles. The Labute approximate surface area is 92.6 Å².